The van der Waals surface area contributed by atoms with Gasteiger partial charge in [0.15, 0.2) is 0 Å². The topological polar surface area (TPSA) is 97.0 Å². The van der Waals surface area contributed by atoms with E-state index in [1.54, 1.807) is 0 Å². The van der Waals surface area contributed by atoms with Gasteiger partial charge in [-0.25, -0.2) is 0 Å². The zero-order chi connectivity index (χ0) is 19.5. The lowest BCUT2D eigenvalue weighted by atomic mass is 10.1. The summed E-state index contributed by atoms with van der Waals surface area (Å²) in [5.74, 6) is -0.278. The van der Waals surface area contributed by atoms with Crippen molar-refractivity contribution in [2.24, 2.45) is 0 Å². The van der Waals surface area contributed by atoms with Gasteiger partial charge in [0.05, 0.1) is 25.0 Å². The first-order valence-electron chi connectivity index (χ1n) is 9.94. The molecule has 0 atom stereocenters. The van der Waals surface area contributed by atoms with E-state index in [1.165, 1.54) is 43.4 Å². The molecule has 0 aromatic heterocycles. The van der Waals surface area contributed by atoms with E-state index in [0.29, 0.717) is 19.6 Å². The molecule has 0 heterocycles. The smallest absolute Gasteiger partial charge is 0.223 e. The molecule has 0 aliphatic rings. The Morgan fingerprint density at radius 2 is 1.38 bits per heavy atom. The van der Waals surface area contributed by atoms with Crippen LogP contribution in [0.4, 0.5) is 0 Å². The summed E-state index contributed by atoms with van der Waals surface area (Å²) in [6, 6.07) is 3.99. The molecular formula is C20H34N4O2. The van der Waals surface area contributed by atoms with Gasteiger partial charge in [-0.1, -0.05) is 51.9 Å². The van der Waals surface area contributed by atoms with Crippen LogP contribution in [0.1, 0.15) is 84.0 Å². The molecule has 146 valence electrons. The van der Waals surface area contributed by atoms with Gasteiger partial charge in [0.2, 0.25) is 11.8 Å². The summed E-state index contributed by atoms with van der Waals surface area (Å²) < 4.78 is 0. The van der Waals surface area contributed by atoms with Gasteiger partial charge in [0.1, 0.15) is 0 Å². The maximum absolute atomic E-state index is 12.1. The highest BCUT2D eigenvalue weighted by Crippen LogP contribution is 2.08. The summed E-state index contributed by atoms with van der Waals surface area (Å²) in [4.78, 5) is 25.4. The highest BCUT2D eigenvalue weighted by molar-refractivity contribution is 5.83. The molecule has 0 fully saturated rings. The molecule has 0 rings (SSSR count). The third-order valence-electron chi connectivity index (χ3n) is 4.26. The molecule has 0 saturated carbocycles. The van der Waals surface area contributed by atoms with Crippen LogP contribution < -0.4 is 5.32 Å². The number of carbonyl (C=O) groups is 2. The highest BCUT2D eigenvalue weighted by Gasteiger charge is 2.14. The fourth-order valence-corrected chi connectivity index (χ4v) is 2.68. The number of hydrogen-bond donors (Lipinski definition) is 1. The van der Waals surface area contributed by atoms with E-state index in [4.69, 9.17) is 10.5 Å². The molecule has 0 aliphatic carbocycles. The SMILES string of the molecule is CCCCCCCCCCNC(=O)CCC(=O)N(CCC#N)CCC#N. The number of rotatable bonds is 16. The molecule has 1 N–H and O–H groups in total. The average Bonchev–Trinajstić information content (AvgIpc) is 2.65. The second-order valence-corrected chi connectivity index (χ2v) is 6.52. The molecule has 0 aromatic carbocycles. The van der Waals surface area contributed by atoms with Crippen LogP contribution in [-0.2, 0) is 9.59 Å². The summed E-state index contributed by atoms with van der Waals surface area (Å²) in [5, 5.41) is 20.1. The van der Waals surface area contributed by atoms with Crippen molar-refractivity contribution in [3.63, 3.8) is 0 Å². The predicted octanol–water partition coefficient (Wildman–Crippen LogP) is 3.68. The van der Waals surface area contributed by atoms with Crippen LogP contribution >= 0.6 is 0 Å². The number of amides is 2. The minimum atomic E-state index is -0.169. The van der Waals surface area contributed by atoms with Gasteiger partial charge in [-0.15, -0.1) is 0 Å². The first-order chi connectivity index (χ1) is 12.7. The molecule has 26 heavy (non-hydrogen) atoms. The van der Waals surface area contributed by atoms with Crippen LogP contribution in [0.15, 0.2) is 0 Å². The van der Waals surface area contributed by atoms with Gasteiger partial charge in [-0.3, -0.25) is 9.59 Å². The van der Waals surface area contributed by atoms with Crippen LogP contribution in [0, 0.1) is 22.7 Å². The zero-order valence-corrected chi connectivity index (χ0v) is 16.3. The third kappa shape index (κ3) is 14.3. The summed E-state index contributed by atoms with van der Waals surface area (Å²) >= 11 is 0. The summed E-state index contributed by atoms with van der Waals surface area (Å²) in [6.45, 7) is 3.51. The van der Waals surface area contributed by atoms with E-state index in [2.05, 4.69) is 12.2 Å². The van der Waals surface area contributed by atoms with Crippen molar-refractivity contribution in [3.05, 3.63) is 0 Å². The van der Waals surface area contributed by atoms with Crippen LogP contribution in [0.5, 0.6) is 0 Å². The second-order valence-electron chi connectivity index (χ2n) is 6.52. The van der Waals surface area contributed by atoms with Crippen molar-refractivity contribution in [2.45, 2.75) is 84.0 Å². The second kappa shape index (κ2) is 17.7. The number of unbranched alkanes of at least 4 members (excludes halogenated alkanes) is 7. The van der Waals surface area contributed by atoms with E-state index < -0.39 is 0 Å². The van der Waals surface area contributed by atoms with E-state index in [1.807, 2.05) is 12.1 Å². The van der Waals surface area contributed by atoms with E-state index in [9.17, 15) is 9.59 Å². The van der Waals surface area contributed by atoms with Crippen LogP contribution in [0.3, 0.4) is 0 Å². The van der Waals surface area contributed by atoms with E-state index in [0.717, 1.165) is 12.8 Å². The Labute approximate surface area is 158 Å². The summed E-state index contributed by atoms with van der Waals surface area (Å²) in [7, 11) is 0. The molecule has 2 amide bonds. The third-order valence-corrected chi connectivity index (χ3v) is 4.26. The molecule has 6 nitrogen and oxygen atoms in total. The van der Waals surface area contributed by atoms with Crippen molar-refractivity contribution in [2.75, 3.05) is 19.6 Å². The van der Waals surface area contributed by atoms with E-state index in [-0.39, 0.29) is 37.5 Å². The Kier molecular flexibility index (Phi) is 16.3. The Balaban J connectivity index is 3.77. The summed E-state index contributed by atoms with van der Waals surface area (Å²) in [5.41, 5.74) is 0. The van der Waals surface area contributed by atoms with Gasteiger partial charge in [0, 0.05) is 32.5 Å². The largest absolute Gasteiger partial charge is 0.356 e. The number of nitrogens with zero attached hydrogens (tertiary/aromatic N) is 3. The Hall–Kier alpha value is -2.08. The van der Waals surface area contributed by atoms with Crippen LogP contribution in [0.25, 0.3) is 0 Å². The van der Waals surface area contributed by atoms with Gasteiger partial charge in [-0.2, -0.15) is 10.5 Å². The van der Waals surface area contributed by atoms with E-state index >= 15 is 0 Å². The van der Waals surface area contributed by atoms with Crippen molar-refractivity contribution >= 4 is 11.8 Å². The average molecular weight is 363 g/mol. The zero-order valence-electron chi connectivity index (χ0n) is 16.3. The van der Waals surface area contributed by atoms with Gasteiger partial charge in [0.25, 0.3) is 0 Å². The minimum absolute atomic E-state index is 0.109. The normalized spacial score (nSPS) is 9.96. The molecule has 0 aliphatic heterocycles. The maximum Gasteiger partial charge on any atom is 0.223 e. The van der Waals surface area contributed by atoms with Crippen LogP contribution in [-0.4, -0.2) is 36.3 Å². The van der Waals surface area contributed by atoms with Crippen molar-refractivity contribution in [1.29, 1.82) is 10.5 Å². The fraction of sp³-hybridized carbons (Fsp3) is 0.800. The fourth-order valence-electron chi connectivity index (χ4n) is 2.68. The molecule has 0 radical (unpaired) electrons. The van der Waals surface area contributed by atoms with Crippen LogP contribution in [0.2, 0.25) is 0 Å². The van der Waals surface area contributed by atoms with Crippen molar-refractivity contribution in [1.82, 2.24) is 10.2 Å². The quantitative estimate of drug-likeness (QED) is 0.423. The molecule has 0 unspecified atom stereocenters. The number of carbonyl (C=O) groups excluding carboxylic acids is 2. The lowest BCUT2D eigenvalue weighted by molar-refractivity contribution is -0.133. The first kappa shape index (κ1) is 23.9. The Morgan fingerprint density at radius 1 is 0.846 bits per heavy atom. The summed E-state index contributed by atoms with van der Waals surface area (Å²) in [6.07, 6.45) is 10.6. The maximum atomic E-state index is 12.1. The van der Waals surface area contributed by atoms with Gasteiger partial charge in [-0.05, 0) is 6.42 Å². The number of nitriles is 2. The lowest BCUT2D eigenvalue weighted by Gasteiger charge is -2.20. The molecule has 0 saturated heterocycles. The first-order valence-corrected chi connectivity index (χ1v) is 9.94. The minimum Gasteiger partial charge on any atom is -0.356 e. The van der Waals surface area contributed by atoms with Gasteiger partial charge < -0.3 is 10.2 Å². The molecule has 6 heteroatoms. The van der Waals surface area contributed by atoms with Crippen molar-refractivity contribution < 1.29 is 9.59 Å². The Morgan fingerprint density at radius 3 is 1.92 bits per heavy atom. The lowest BCUT2D eigenvalue weighted by Crippen LogP contribution is -2.34. The highest BCUT2D eigenvalue weighted by atomic mass is 16.2. The molecule has 0 bridgehead atoms. The number of nitrogens with one attached hydrogen (secondary N) is 1. The molecule has 0 aromatic rings. The number of hydrogen-bond acceptors (Lipinski definition) is 4. The monoisotopic (exact) mass is 362 g/mol. The molecular weight excluding hydrogens is 328 g/mol. The van der Waals surface area contributed by atoms with Gasteiger partial charge >= 0.3 is 0 Å². The van der Waals surface area contributed by atoms with Crippen molar-refractivity contribution in [3.8, 4) is 12.1 Å². The standard InChI is InChI=1S/C20H34N4O2/c1-2-3-4-5-6-7-8-9-16-23-19(25)12-13-20(26)24(17-10-14-21)18-11-15-22/h2-13,16-18H2,1H3,(H,23,25). The predicted molar refractivity (Wildman–Crippen MR) is 102 cm³/mol. The molecule has 0 spiro atoms. The Bertz CT molecular complexity index is 447.